The Kier molecular flexibility index (Phi) is 8.00. The zero-order valence-electron chi connectivity index (χ0n) is 19.9. The molecule has 0 bridgehead atoms. The number of aryl methyl sites for hydroxylation is 2. The van der Waals surface area contributed by atoms with E-state index in [1.165, 1.54) is 0 Å². The van der Waals surface area contributed by atoms with Crippen molar-refractivity contribution in [1.82, 2.24) is 0 Å². The number of aliphatic hydroxyl groups excluding tert-OH is 1. The van der Waals surface area contributed by atoms with Gasteiger partial charge in [0.25, 0.3) is 0 Å². The van der Waals surface area contributed by atoms with Crippen LogP contribution in [-0.2, 0) is 13.2 Å². The molecule has 0 saturated carbocycles. The molecule has 4 aromatic carbocycles. The van der Waals surface area contributed by atoms with E-state index in [0.717, 1.165) is 44.9 Å². The molecule has 0 aliphatic rings. The summed E-state index contributed by atoms with van der Waals surface area (Å²) in [6.07, 6.45) is 0.579. The Morgan fingerprint density at radius 1 is 0.618 bits per heavy atom. The summed E-state index contributed by atoms with van der Waals surface area (Å²) >= 11 is 0. The third-order valence-electron chi connectivity index (χ3n) is 5.98. The Morgan fingerprint density at radius 2 is 1.06 bits per heavy atom. The van der Waals surface area contributed by atoms with Crippen LogP contribution in [0, 0.1) is 13.8 Å². The lowest BCUT2D eigenvalue weighted by Gasteiger charge is -2.24. The van der Waals surface area contributed by atoms with Gasteiger partial charge in [0.05, 0.1) is 0 Å². The zero-order chi connectivity index (χ0) is 23.8. The van der Waals surface area contributed by atoms with E-state index in [1.54, 1.807) is 0 Å². The second-order valence-electron chi connectivity index (χ2n) is 8.70. The number of benzene rings is 4. The van der Waals surface area contributed by atoms with Crippen molar-refractivity contribution in [3.05, 3.63) is 130 Å². The maximum Gasteiger partial charge on any atom is 0.123 e. The van der Waals surface area contributed by atoms with Gasteiger partial charge in [-0.25, -0.2) is 0 Å². The highest BCUT2D eigenvalue weighted by Gasteiger charge is 2.22. The molecule has 0 spiro atoms. The molecule has 0 amide bonds. The Hall–Kier alpha value is -3.56. The Balaban J connectivity index is 1.67. The van der Waals surface area contributed by atoms with Crippen molar-refractivity contribution in [3.63, 3.8) is 0 Å². The molecule has 4 rings (SSSR count). The summed E-state index contributed by atoms with van der Waals surface area (Å²) < 4.78 is 12.6. The van der Waals surface area contributed by atoms with Crippen molar-refractivity contribution in [1.29, 1.82) is 0 Å². The topological polar surface area (TPSA) is 38.7 Å². The molecule has 4 aromatic rings. The molecule has 0 aliphatic heterocycles. The fourth-order valence-electron chi connectivity index (χ4n) is 4.19. The molecular formula is C31H32O3. The smallest absolute Gasteiger partial charge is 0.123 e. The summed E-state index contributed by atoms with van der Waals surface area (Å²) in [6, 6.07) is 33.0. The van der Waals surface area contributed by atoms with E-state index in [4.69, 9.17) is 9.47 Å². The maximum atomic E-state index is 9.98. The van der Waals surface area contributed by atoms with Crippen molar-refractivity contribution in [2.75, 3.05) is 6.61 Å². The van der Waals surface area contributed by atoms with E-state index in [0.29, 0.717) is 19.6 Å². The van der Waals surface area contributed by atoms with Gasteiger partial charge < -0.3 is 14.6 Å². The minimum Gasteiger partial charge on any atom is -0.489 e. The molecule has 0 aliphatic carbocycles. The van der Waals surface area contributed by atoms with E-state index in [1.807, 2.05) is 36.4 Å². The molecule has 0 unspecified atom stereocenters. The van der Waals surface area contributed by atoms with Crippen LogP contribution in [-0.4, -0.2) is 11.7 Å². The van der Waals surface area contributed by atoms with Gasteiger partial charge >= 0.3 is 0 Å². The van der Waals surface area contributed by atoms with Crippen molar-refractivity contribution < 1.29 is 14.6 Å². The molecule has 0 saturated heterocycles. The van der Waals surface area contributed by atoms with E-state index in [2.05, 4.69) is 74.5 Å². The third-order valence-corrected chi connectivity index (χ3v) is 5.98. The average molecular weight is 453 g/mol. The first-order chi connectivity index (χ1) is 16.6. The van der Waals surface area contributed by atoms with Crippen LogP contribution in [0.25, 0.3) is 0 Å². The van der Waals surface area contributed by atoms with Gasteiger partial charge in [0.1, 0.15) is 24.7 Å². The summed E-state index contributed by atoms with van der Waals surface area (Å²) in [7, 11) is 0. The number of ether oxygens (including phenoxy) is 2. The van der Waals surface area contributed by atoms with Crippen LogP contribution in [0.5, 0.6) is 11.5 Å². The van der Waals surface area contributed by atoms with E-state index >= 15 is 0 Å². The Bertz CT molecular complexity index is 1090. The van der Waals surface area contributed by atoms with Gasteiger partial charge in [-0.2, -0.15) is 0 Å². The van der Waals surface area contributed by atoms with Crippen molar-refractivity contribution in [3.8, 4) is 11.5 Å². The fourth-order valence-corrected chi connectivity index (χ4v) is 4.19. The third kappa shape index (κ3) is 6.06. The average Bonchev–Trinajstić information content (AvgIpc) is 2.87. The number of hydrogen-bond donors (Lipinski definition) is 1. The Labute approximate surface area is 202 Å². The lowest BCUT2D eigenvalue weighted by atomic mass is 9.86. The first-order valence-electron chi connectivity index (χ1n) is 11.8. The normalized spacial score (nSPS) is 10.9. The van der Waals surface area contributed by atoms with Crippen molar-refractivity contribution in [2.24, 2.45) is 0 Å². The van der Waals surface area contributed by atoms with E-state index < -0.39 is 0 Å². The fraction of sp³-hybridized carbons (Fsp3) is 0.226. The molecule has 0 heterocycles. The molecule has 0 aromatic heterocycles. The molecule has 34 heavy (non-hydrogen) atoms. The monoisotopic (exact) mass is 452 g/mol. The summed E-state index contributed by atoms with van der Waals surface area (Å²) in [4.78, 5) is 0. The predicted molar refractivity (Wildman–Crippen MR) is 137 cm³/mol. The van der Waals surface area contributed by atoms with Gasteiger partial charge in [0, 0.05) is 23.7 Å². The minimum absolute atomic E-state index is 0.0530. The van der Waals surface area contributed by atoms with E-state index in [-0.39, 0.29) is 12.5 Å². The molecule has 174 valence electrons. The van der Waals surface area contributed by atoms with E-state index in [9.17, 15) is 5.11 Å². The predicted octanol–water partition coefficient (Wildman–Crippen LogP) is 6.98. The minimum atomic E-state index is -0.0530. The van der Waals surface area contributed by atoms with Gasteiger partial charge in [-0.1, -0.05) is 84.9 Å². The van der Waals surface area contributed by atoms with Gasteiger partial charge in [0.15, 0.2) is 0 Å². The summed E-state index contributed by atoms with van der Waals surface area (Å²) in [5.41, 5.74) is 6.64. The standard InChI is InChI=1S/C31H32O3/c1-23-13-15-28(30(19-23)33-21-25-9-5-3-6-10-25)27(17-18-32)29-16-14-24(2)20-31(29)34-22-26-11-7-4-8-12-26/h3-16,19-20,27,32H,17-18,21-22H2,1-2H3. The largest absolute Gasteiger partial charge is 0.489 e. The molecule has 0 atom stereocenters. The van der Waals surface area contributed by atoms with Crippen LogP contribution in [0.1, 0.15) is 45.7 Å². The van der Waals surface area contributed by atoms with Gasteiger partial charge in [-0.15, -0.1) is 0 Å². The summed E-state index contributed by atoms with van der Waals surface area (Å²) in [5, 5.41) is 9.98. The SMILES string of the molecule is Cc1ccc(C(CCO)c2ccc(C)cc2OCc2ccccc2)c(OCc2ccccc2)c1. The number of hydrogen-bond acceptors (Lipinski definition) is 3. The Morgan fingerprint density at radius 3 is 1.47 bits per heavy atom. The highest BCUT2D eigenvalue weighted by atomic mass is 16.5. The summed E-state index contributed by atoms with van der Waals surface area (Å²) in [5.74, 6) is 1.64. The number of rotatable bonds is 10. The van der Waals surface area contributed by atoms with Gasteiger partial charge in [-0.3, -0.25) is 0 Å². The van der Waals surface area contributed by atoms with Crippen LogP contribution >= 0.6 is 0 Å². The molecule has 0 fully saturated rings. The second-order valence-corrected chi connectivity index (χ2v) is 8.70. The van der Waals surface area contributed by atoms with Crippen LogP contribution < -0.4 is 9.47 Å². The first-order valence-corrected chi connectivity index (χ1v) is 11.8. The lowest BCUT2D eigenvalue weighted by Crippen LogP contribution is -2.10. The summed E-state index contributed by atoms with van der Waals surface area (Å²) in [6.45, 7) is 5.20. The molecule has 3 heteroatoms. The zero-order valence-corrected chi connectivity index (χ0v) is 19.9. The van der Waals surface area contributed by atoms with Crippen molar-refractivity contribution in [2.45, 2.75) is 39.4 Å². The van der Waals surface area contributed by atoms with Gasteiger partial charge in [-0.05, 0) is 54.7 Å². The lowest BCUT2D eigenvalue weighted by molar-refractivity contribution is 0.270. The van der Waals surface area contributed by atoms with Crippen LogP contribution in [0.3, 0.4) is 0 Å². The molecule has 0 radical (unpaired) electrons. The van der Waals surface area contributed by atoms with Crippen molar-refractivity contribution >= 4 is 0 Å². The van der Waals surface area contributed by atoms with Gasteiger partial charge in [0.2, 0.25) is 0 Å². The molecule has 3 nitrogen and oxygen atoms in total. The second kappa shape index (κ2) is 11.5. The molecule has 1 N–H and O–H groups in total. The number of aliphatic hydroxyl groups is 1. The molecular weight excluding hydrogens is 420 g/mol. The van der Waals surface area contributed by atoms with Crippen LogP contribution in [0.2, 0.25) is 0 Å². The first kappa shape index (κ1) is 23.6. The van der Waals surface area contributed by atoms with Crippen LogP contribution in [0.4, 0.5) is 0 Å². The highest BCUT2D eigenvalue weighted by molar-refractivity contribution is 5.49. The van der Waals surface area contributed by atoms with Crippen LogP contribution in [0.15, 0.2) is 97.1 Å². The maximum absolute atomic E-state index is 9.98. The highest BCUT2D eigenvalue weighted by Crippen LogP contribution is 2.40. The quantitative estimate of drug-likeness (QED) is 0.282.